The average Bonchev–Trinajstić information content (AvgIpc) is 2.78. The zero-order valence-electron chi connectivity index (χ0n) is 17.2. The average molecular weight is 437 g/mol. The van der Waals surface area contributed by atoms with Gasteiger partial charge in [0.15, 0.2) is 0 Å². The number of benzene rings is 2. The molecular formula is C21H25FN2O5S. The highest BCUT2D eigenvalue weighted by atomic mass is 32.2. The van der Waals surface area contributed by atoms with Gasteiger partial charge in [-0.25, -0.2) is 12.8 Å². The van der Waals surface area contributed by atoms with Crippen molar-refractivity contribution in [1.29, 1.82) is 0 Å². The zero-order chi connectivity index (χ0) is 21.9. The van der Waals surface area contributed by atoms with Crippen LogP contribution in [0, 0.1) is 11.7 Å². The Morgan fingerprint density at radius 1 is 1.13 bits per heavy atom. The highest BCUT2D eigenvalue weighted by Gasteiger charge is 2.36. The fraction of sp³-hybridized carbons (Fsp3) is 0.381. The highest BCUT2D eigenvalue weighted by Crippen LogP contribution is 2.31. The van der Waals surface area contributed by atoms with Crippen molar-refractivity contribution < 1.29 is 27.1 Å². The van der Waals surface area contributed by atoms with Crippen molar-refractivity contribution >= 4 is 21.6 Å². The van der Waals surface area contributed by atoms with Gasteiger partial charge in [-0.1, -0.05) is 0 Å². The Balaban J connectivity index is 1.80. The van der Waals surface area contributed by atoms with Crippen LogP contribution in [0.3, 0.4) is 0 Å². The van der Waals surface area contributed by atoms with Crippen molar-refractivity contribution in [3.63, 3.8) is 0 Å². The number of anilines is 1. The van der Waals surface area contributed by atoms with Gasteiger partial charge in [-0.2, -0.15) is 4.31 Å². The zero-order valence-corrected chi connectivity index (χ0v) is 18.0. The van der Waals surface area contributed by atoms with Crippen LogP contribution >= 0.6 is 0 Å². The number of hydrogen-bond acceptors (Lipinski definition) is 5. The Morgan fingerprint density at radius 3 is 2.47 bits per heavy atom. The van der Waals surface area contributed by atoms with Crippen molar-refractivity contribution in [3.8, 4) is 11.5 Å². The molecule has 1 heterocycles. The number of amides is 1. The second-order valence-corrected chi connectivity index (χ2v) is 9.00. The van der Waals surface area contributed by atoms with Crippen LogP contribution in [0.2, 0.25) is 0 Å². The summed E-state index contributed by atoms with van der Waals surface area (Å²) in [5, 5.41) is 0. The molecule has 0 radical (unpaired) electrons. The van der Waals surface area contributed by atoms with Gasteiger partial charge in [0.25, 0.3) is 0 Å². The first kappa shape index (κ1) is 22.0. The van der Waals surface area contributed by atoms with Gasteiger partial charge in [0.2, 0.25) is 15.9 Å². The van der Waals surface area contributed by atoms with Crippen LogP contribution in [0.5, 0.6) is 11.5 Å². The summed E-state index contributed by atoms with van der Waals surface area (Å²) in [7, 11) is 0.544. The van der Waals surface area contributed by atoms with Crippen LogP contribution in [0.4, 0.5) is 10.1 Å². The summed E-state index contributed by atoms with van der Waals surface area (Å²) in [5.41, 5.74) is 0.688. The SMILES string of the molecule is COc1ccc(N(C)C(=O)[C@@H]2CCCN(S(=O)(=O)c3cc(F)ccc3OC)C2)cc1. The van der Waals surface area contributed by atoms with Crippen LogP contribution in [0.1, 0.15) is 12.8 Å². The predicted molar refractivity (Wildman–Crippen MR) is 111 cm³/mol. The summed E-state index contributed by atoms with van der Waals surface area (Å²) >= 11 is 0. The van der Waals surface area contributed by atoms with E-state index in [-0.39, 0.29) is 29.6 Å². The van der Waals surface area contributed by atoms with E-state index in [1.54, 1.807) is 38.4 Å². The summed E-state index contributed by atoms with van der Waals surface area (Å²) in [5.74, 6) is -0.594. The number of carbonyl (C=O) groups excluding carboxylic acids is 1. The summed E-state index contributed by atoms with van der Waals surface area (Å²) in [6, 6.07) is 10.4. The molecule has 1 aliphatic rings. The monoisotopic (exact) mass is 436 g/mol. The fourth-order valence-electron chi connectivity index (χ4n) is 3.56. The van der Waals surface area contributed by atoms with Gasteiger partial charge in [-0.3, -0.25) is 4.79 Å². The largest absolute Gasteiger partial charge is 0.497 e. The first-order valence-corrected chi connectivity index (χ1v) is 11.0. The first-order valence-electron chi connectivity index (χ1n) is 9.53. The lowest BCUT2D eigenvalue weighted by atomic mass is 9.98. The van der Waals surface area contributed by atoms with Crippen molar-refractivity contribution in [1.82, 2.24) is 4.31 Å². The van der Waals surface area contributed by atoms with Crippen LogP contribution in [0.25, 0.3) is 0 Å². The summed E-state index contributed by atoms with van der Waals surface area (Å²) in [6.07, 6.45) is 1.11. The van der Waals surface area contributed by atoms with Gasteiger partial charge in [0.1, 0.15) is 22.2 Å². The minimum atomic E-state index is -4.01. The molecule has 0 unspecified atom stereocenters. The number of halogens is 1. The van der Waals surface area contributed by atoms with E-state index in [2.05, 4.69) is 0 Å². The van der Waals surface area contributed by atoms with Crippen LogP contribution in [0.15, 0.2) is 47.4 Å². The molecule has 1 fully saturated rings. The number of piperidine rings is 1. The van der Waals surface area contributed by atoms with Crippen molar-refractivity contribution in [2.75, 3.05) is 39.3 Å². The van der Waals surface area contributed by atoms with Crippen molar-refractivity contribution in [2.45, 2.75) is 17.7 Å². The number of ether oxygens (including phenoxy) is 2. The number of rotatable bonds is 6. The minimum absolute atomic E-state index is 0.0291. The molecule has 7 nitrogen and oxygen atoms in total. The summed E-state index contributed by atoms with van der Waals surface area (Å²) < 4.78 is 51.5. The molecule has 9 heteroatoms. The van der Waals surface area contributed by atoms with Gasteiger partial charge in [0.05, 0.1) is 20.1 Å². The molecular weight excluding hydrogens is 411 g/mol. The van der Waals surface area contributed by atoms with E-state index < -0.39 is 21.8 Å². The molecule has 0 aliphatic carbocycles. The molecule has 1 saturated heterocycles. The molecule has 0 spiro atoms. The van der Waals surface area contributed by atoms with Crippen molar-refractivity contribution in [2.24, 2.45) is 5.92 Å². The smallest absolute Gasteiger partial charge is 0.246 e. The molecule has 0 N–H and O–H groups in total. The van der Waals surface area contributed by atoms with Gasteiger partial charge in [-0.15, -0.1) is 0 Å². The third-order valence-corrected chi connectivity index (χ3v) is 7.15. The second kappa shape index (κ2) is 9.01. The van der Waals surface area contributed by atoms with E-state index in [0.717, 1.165) is 12.1 Å². The first-order chi connectivity index (χ1) is 14.3. The van der Waals surface area contributed by atoms with Crippen LogP contribution in [-0.2, 0) is 14.8 Å². The predicted octanol–water partition coefficient (Wildman–Crippen LogP) is 2.91. The number of sulfonamides is 1. The maximum atomic E-state index is 13.7. The molecule has 2 aromatic carbocycles. The Bertz CT molecular complexity index is 1010. The van der Waals surface area contributed by atoms with E-state index in [1.165, 1.54) is 22.4 Å². The Kier molecular flexibility index (Phi) is 6.62. The lowest BCUT2D eigenvalue weighted by Crippen LogP contribution is -2.46. The van der Waals surface area contributed by atoms with Crippen molar-refractivity contribution in [3.05, 3.63) is 48.3 Å². The molecule has 30 heavy (non-hydrogen) atoms. The third kappa shape index (κ3) is 4.41. The lowest BCUT2D eigenvalue weighted by Gasteiger charge is -2.33. The molecule has 0 saturated carbocycles. The number of carbonyl (C=O) groups is 1. The van der Waals surface area contributed by atoms with E-state index in [1.807, 2.05) is 0 Å². The van der Waals surface area contributed by atoms with Gasteiger partial charge in [0, 0.05) is 25.8 Å². The van der Waals surface area contributed by atoms with Gasteiger partial charge < -0.3 is 14.4 Å². The van der Waals surface area contributed by atoms with Gasteiger partial charge in [-0.05, 0) is 55.3 Å². The third-order valence-electron chi connectivity index (χ3n) is 5.27. The standard InChI is InChI=1S/C21H25FN2O5S/c1-23(17-7-9-18(28-2)10-8-17)21(25)15-5-4-12-24(14-15)30(26,27)20-13-16(22)6-11-19(20)29-3/h6-11,13,15H,4-5,12,14H2,1-3H3/t15-/m1/s1. The number of nitrogens with zero attached hydrogens (tertiary/aromatic N) is 2. The van der Waals surface area contributed by atoms with Gasteiger partial charge >= 0.3 is 0 Å². The fourth-order valence-corrected chi connectivity index (χ4v) is 5.25. The quantitative estimate of drug-likeness (QED) is 0.696. The molecule has 1 atom stereocenters. The van der Waals surface area contributed by atoms with Crippen LogP contribution in [-0.4, -0.2) is 53.0 Å². The van der Waals surface area contributed by atoms with E-state index in [4.69, 9.17) is 9.47 Å². The maximum Gasteiger partial charge on any atom is 0.246 e. The maximum absolute atomic E-state index is 13.7. The molecule has 3 rings (SSSR count). The molecule has 162 valence electrons. The Labute approximate surface area is 176 Å². The van der Waals surface area contributed by atoms with E-state index in [0.29, 0.717) is 24.3 Å². The topological polar surface area (TPSA) is 76.2 Å². The normalized spacial score (nSPS) is 17.4. The number of hydrogen-bond donors (Lipinski definition) is 0. The molecule has 0 aromatic heterocycles. The molecule has 0 bridgehead atoms. The summed E-state index contributed by atoms with van der Waals surface area (Å²) in [4.78, 5) is 14.3. The highest BCUT2D eigenvalue weighted by molar-refractivity contribution is 7.89. The molecule has 1 amide bonds. The number of methoxy groups -OCH3 is 2. The van der Waals surface area contributed by atoms with E-state index in [9.17, 15) is 17.6 Å². The lowest BCUT2D eigenvalue weighted by molar-refractivity contribution is -0.123. The Morgan fingerprint density at radius 2 is 1.83 bits per heavy atom. The van der Waals surface area contributed by atoms with E-state index >= 15 is 0 Å². The Hall–Kier alpha value is -2.65. The summed E-state index contributed by atoms with van der Waals surface area (Å²) in [6.45, 7) is 0.291. The molecule has 1 aliphatic heterocycles. The van der Waals surface area contributed by atoms with Crippen LogP contribution < -0.4 is 14.4 Å². The molecule has 2 aromatic rings. The second-order valence-electron chi connectivity index (χ2n) is 7.09. The minimum Gasteiger partial charge on any atom is -0.497 e.